The summed E-state index contributed by atoms with van der Waals surface area (Å²) >= 11 is 0. The van der Waals surface area contributed by atoms with E-state index in [1.54, 1.807) is 80.8 Å². The number of rotatable bonds is 8. The van der Waals surface area contributed by atoms with Crippen LogP contribution in [0.1, 0.15) is 29.3 Å². The van der Waals surface area contributed by atoms with Gasteiger partial charge in [-0.05, 0) is 67.1 Å². The van der Waals surface area contributed by atoms with Crippen LogP contribution in [0.2, 0.25) is 0 Å². The molecule has 3 aromatic carbocycles. The molecular weight excluding hydrogens is 486 g/mol. The summed E-state index contributed by atoms with van der Waals surface area (Å²) in [6.07, 6.45) is 2.73. The number of para-hydroxylation sites is 2. The van der Waals surface area contributed by atoms with Crippen molar-refractivity contribution in [3.63, 3.8) is 0 Å². The predicted molar refractivity (Wildman–Crippen MR) is 144 cm³/mol. The molecule has 2 N–H and O–H groups in total. The van der Waals surface area contributed by atoms with Gasteiger partial charge in [0.15, 0.2) is 0 Å². The minimum Gasteiger partial charge on any atom is -0.497 e. The number of methoxy groups -OCH3 is 1. The summed E-state index contributed by atoms with van der Waals surface area (Å²) in [7, 11) is 1.57. The highest BCUT2D eigenvalue weighted by molar-refractivity contribution is 6.16. The Balaban J connectivity index is 1.52. The quantitative estimate of drug-likeness (QED) is 0.344. The van der Waals surface area contributed by atoms with Gasteiger partial charge in [-0.25, -0.2) is 4.79 Å². The van der Waals surface area contributed by atoms with E-state index in [4.69, 9.17) is 9.47 Å². The molecule has 0 aromatic heterocycles. The summed E-state index contributed by atoms with van der Waals surface area (Å²) in [6, 6.07) is 19.2. The average Bonchev–Trinajstić information content (AvgIpc) is 2.93. The zero-order chi connectivity index (χ0) is 27.1. The molecule has 3 amide bonds. The highest BCUT2D eigenvalue weighted by atomic mass is 16.5. The lowest BCUT2D eigenvalue weighted by Gasteiger charge is -2.35. The minimum absolute atomic E-state index is 0.258. The van der Waals surface area contributed by atoms with Crippen LogP contribution in [-0.2, 0) is 19.1 Å². The van der Waals surface area contributed by atoms with Crippen LogP contribution in [0.25, 0.3) is 6.08 Å². The number of esters is 1. The first-order valence-corrected chi connectivity index (χ1v) is 12.0. The third-order valence-electron chi connectivity index (χ3n) is 5.87. The second-order valence-corrected chi connectivity index (χ2v) is 8.39. The van der Waals surface area contributed by atoms with E-state index in [0.29, 0.717) is 28.4 Å². The van der Waals surface area contributed by atoms with E-state index >= 15 is 0 Å². The van der Waals surface area contributed by atoms with Crippen LogP contribution in [0.5, 0.6) is 5.75 Å². The average molecular weight is 514 g/mol. The first-order chi connectivity index (χ1) is 18.4. The number of ether oxygens (including phenoxy) is 2. The Morgan fingerprint density at radius 1 is 1.00 bits per heavy atom. The Kier molecular flexibility index (Phi) is 8.17. The van der Waals surface area contributed by atoms with Crippen molar-refractivity contribution in [2.45, 2.75) is 19.4 Å². The smallest absolute Gasteiger partial charge is 0.338 e. The number of nitrogens with zero attached hydrogens (tertiary/aromatic N) is 1. The third kappa shape index (κ3) is 6.07. The number of carbonyl (C=O) groups is 4. The second-order valence-electron chi connectivity index (χ2n) is 8.39. The zero-order valence-corrected chi connectivity index (χ0v) is 21.0. The van der Waals surface area contributed by atoms with E-state index in [9.17, 15) is 19.2 Å². The van der Waals surface area contributed by atoms with E-state index in [-0.39, 0.29) is 13.0 Å². The Bertz CT molecular complexity index is 1370. The molecule has 0 bridgehead atoms. The molecule has 0 saturated carbocycles. The van der Waals surface area contributed by atoms with E-state index < -0.39 is 29.7 Å². The van der Waals surface area contributed by atoms with Crippen LogP contribution in [0, 0.1) is 0 Å². The number of carbonyl (C=O) groups excluding carboxylic acids is 4. The van der Waals surface area contributed by atoms with E-state index in [1.165, 1.54) is 23.1 Å². The van der Waals surface area contributed by atoms with Gasteiger partial charge < -0.3 is 20.1 Å². The SMILES string of the molecule is CCOC(=O)c1ccc(NC(=O)C[C@H]2C(=O)Nc3ccccc3N2C(=O)/C=C/c2ccc(OC)cc2)cc1. The predicted octanol–water partition coefficient (Wildman–Crippen LogP) is 4.27. The van der Waals surface area contributed by atoms with E-state index in [0.717, 1.165) is 5.56 Å². The Morgan fingerprint density at radius 2 is 1.71 bits per heavy atom. The monoisotopic (exact) mass is 513 g/mol. The van der Waals surface area contributed by atoms with Crippen molar-refractivity contribution in [3.05, 3.63) is 90.0 Å². The van der Waals surface area contributed by atoms with Crippen LogP contribution >= 0.6 is 0 Å². The van der Waals surface area contributed by atoms with Crippen molar-refractivity contribution < 1.29 is 28.7 Å². The van der Waals surface area contributed by atoms with Crippen molar-refractivity contribution in [2.75, 3.05) is 29.3 Å². The number of hydrogen-bond acceptors (Lipinski definition) is 6. The number of fused-ring (bicyclic) bond motifs is 1. The van der Waals surface area contributed by atoms with E-state index in [2.05, 4.69) is 10.6 Å². The van der Waals surface area contributed by atoms with Crippen LogP contribution < -0.4 is 20.3 Å². The topological polar surface area (TPSA) is 114 Å². The molecule has 0 unspecified atom stereocenters. The summed E-state index contributed by atoms with van der Waals surface area (Å²) in [5.74, 6) is -1.15. The summed E-state index contributed by atoms with van der Waals surface area (Å²) in [4.78, 5) is 52.5. The molecule has 3 aromatic rings. The summed E-state index contributed by atoms with van der Waals surface area (Å²) in [5.41, 5.74) is 2.54. The van der Waals surface area contributed by atoms with Crippen molar-refractivity contribution in [3.8, 4) is 5.75 Å². The molecule has 1 aliphatic heterocycles. The van der Waals surface area contributed by atoms with Crippen molar-refractivity contribution in [1.82, 2.24) is 0 Å². The van der Waals surface area contributed by atoms with Crippen LogP contribution in [0.4, 0.5) is 17.1 Å². The molecule has 4 rings (SSSR count). The van der Waals surface area contributed by atoms with Gasteiger partial charge in [-0.2, -0.15) is 0 Å². The lowest BCUT2D eigenvalue weighted by atomic mass is 10.0. The molecule has 1 atom stereocenters. The lowest BCUT2D eigenvalue weighted by molar-refractivity contribution is -0.124. The molecule has 1 aliphatic rings. The van der Waals surface area contributed by atoms with Crippen LogP contribution in [0.15, 0.2) is 78.9 Å². The molecule has 0 saturated heterocycles. The van der Waals surface area contributed by atoms with Crippen molar-refractivity contribution in [2.24, 2.45) is 0 Å². The number of hydrogen-bond donors (Lipinski definition) is 2. The molecule has 9 heteroatoms. The summed E-state index contributed by atoms with van der Waals surface area (Å²) < 4.78 is 10.1. The number of nitrogens with one attached hydrogen (secondary N) is 2. The van der Waals surface area contributed by atoms with E-state index in [1.807, 2.05) is 0 Å². The zero-order valence-electron chi connectivity index (χ0n) is 21.0. The van der Waals surface area contributed by atoms with Crippen molar-refractivity contribution >= 4 is 46.8 Å². The van der Waals surface area contributed by atoms with Gasteiger partial charge in [-0.1, -0.05) is 24.3 Å². The molecule has 0 fully saturated rings. The van der Waals surface area contributed by atoms with Crippen LogP contribution in [-0.4, -0.2) is 43.4 Å². The highest BCUT2D eigenvalue weighted by Gasteiger charge is 2.37. The molecule has 9 nitrogen and oxygen atoms in total. The van der Waals surface area contributed by atoms with Crippen molar-refractivity contribution in [1.29, 1.82) is 0 Å². The molecule has 0 radical (unpaired) electrons. The van der Waals surface area contributed by atoms with Gasteiger partial charge >= 0.3 is 5.97 Å². The highest BCUT2D eigenvalue weighted by Crippen LogP contribution is 2.33. The number of anilines is 3. The number of benzene rings is 3. The largest absolute Gasteiger partial charge is 0.497 e. The van der Waals surface area contributed by atoms with Gasteiger partial charge in [0.05, 0.1) is 37.1 Å². The normalized spacial score (nSPS) is 14.4. The summed E-state index contributed by atoms with van der Waals surface area (Å²) in [5, 5.41) is 5.50. The van der Waals surface area contributed by atoms with Gasteiger partial charge in [-0.15, -0.1) is 0 Å². The maximum atomic E-state index is 13.4. The Morgan fingerprint density at radius 3 is 2.39 bits per heavy atom. The lowest BCUT2D eigenvalue weighted by Crippen LogP contribution is -2.52. The minimum atomic E-state index is -1.07. The molecule has 0 aliphatic carbocycles. The number of amides is 3. The maximum absolute atomic E-state index is 13.4. The first kappa shape index (κ1) is 26.2. The molecule has 1 heterocycles. The van der Waals surface area contributed by atoms with Gasteiger partial charge in [-0.3, -0.25) is 19.3 Å². The third-order valence-corrected chi connectivity index (χ3v) is 5.87. The molecule has 38 heavy (non-hydrogen) atoms. The van der Waals surface area contributed by atoms with Gasteiger partial charge in [0.1, 0.15) is 11.8 Å². The molecule has 194 valence electrons. The molecule has 0 spiro atoms. The standard InChI is InChI=1S/C29H27N3O6/c1-3-38-29(36)20-11-13-21(14-12-20)30-26(33)18-25-28(35)31-23-6-4-5-7-24(23)32(25)27(34)17-10-19-8-15-22(37-2)16-9-19/h4-17,25H,3,18H2,1-2H3,(H,30,33)(H,31,35)/b17-10+/t25-/m0/s1. The Labute approximate surface area is 220 Å². The Hall–Kier alpha value is -4.92. The fourth-order valence-electron chi connectivity index (χ4n) is 4.00. The molecular formula is C29H27N3O6. The van der Waals surface area contributed by atoms with Gasteiger partial charge in [0, 0.05) is 11.8 Å². The summed E-state index contributed by atoms with van der Waals surface area (Å²) in [6.45, 7) is 1.98. The fourth-order valence-corrected chi connectivity index (χ4v) is 4.00. The van der Waals surface area contributed by atoms with Gasteiger partial charge in [0.25, 0.3) is 5.91 Å². The van der Waals surface area contributed by atoms with Crippen LogP contribution in [0.3, 0.4) is 0 Å². The fraction of sp³-hybridized carbons (Fsp3) is 0.172. The first-order valence-electron chi connectivity index (χ1n) is 12.0. The maximum Gasteiger partial charge on any atom is 0.338 e. The van der Waals surface area contributed by atoms with Gasteiger partial charge in [0.2, 0.25) is 11.8 Å². The second kappa shape index (κ2) is 11.9.